The molecule has 3 aliphatic rings. The Hall–Kier alpha value is -2.20. The zero-order valence-corrected chi connectivity index (χ0v) is 15.9. The van der Waals surface area contributed by atoms with Crippen molar-refractivity contribution in [3.8, 4) is 11.5 Å². The Bertz CT molecular complexity index is 893. The van der Waals surface area contributed by atoms with Crippen LogP contribution in [0.4, 0.5) is 0 Å². The second-order valence-corrected chi connectivity index (χ2v) is 7.97. The van der Waals surface area contributed by atoms with Gasteiger partial charge >= 0.3 is 0 Å². The van der Waals surface area contributed by atoms with Gasteiger partial charge in [0.1, 0.15) is 13.2 Å². The van der Waals surface area contributed by atoms with Gasteiger partial charge in [-0.15, -0.1) is 0 Å². The van der Waals surface area contributed by atoms with Crippen molar-refractivity contribution in [1.82, 2.24) is 4.90 Å². The molecule has 2 aliphatic carbocycles. The summed E-state index contributed by atoms with van der Waals surface area (Å²) >= 11 is 6.35. The van der Waals surface area contributed by atoms with E-state index < -0.39 is 0 Å². The van der Waals surface area contributed by atoms with E-state index in [-0.39, 0.29) is 11.9 Å². The lowest BCUT2D eigenvalue weighted by Gasteiger charge is -2.30. The number of halogens is 1. The molecule has 140 valence electrons. The van der Waals surface area contributed by atoms with Gasteiger partial charge in [0.2, 0.25) is 5.91 Å². The zero-order chi connectivity index (χ0) is 18.4. The average molecular weight is 384 g/mol. The summed E-state index contributed by atoms with van der Waals surface area (Å²) in [6, 6.07) is 12.8. The van der Waals surface area contributed by atoms with Gasteiger partial charge in [0.25, 0.3) is 0 Å². The van der Waals surface area contributed by atoms with E-state index in [0.29, 0.717) is 42.2 Å². The molecule has 2 aromatic carbocycles. The molecular weight excluding hydrogens is 362 g/mol. The van der Waals surface area contributed by atoms with Gasteiger partial charge in [0.05, 0.1) is 17.5 Å². The fourth-order valence-corrected chi connectivity index (χ4v) is 4.63. The normalized spacial score (nSPS) is 20.3. The Morgan fingerprint density at radius 1 is 1.11 bits per heavy atom. The Kier molecular flexibility index (Phi) is 4.24. The lowest BCUT2D eigenvalue weighted by atomic mass is 10.0. The fourth-order valence-electron chi connectivity index (χ4n) is 4.34. The maximum Gasteiger partial charge on any atom is 0.227 e. The molecule has 1 saturated carbocycles. The third kappa shape index (κ3) is 3.16. The minimum Gasteiger partial charge on any atom is -0.486 e. The number of carbonyl (C=O) groups is 1. The Labute approximate surface area is 164 Å². The molecule has 0 saturated heterocycles. The fraction of sp³-hybridized carbons (Fsp3) is 0.409. The van der Waals surface area contributed by atoms with Gasteiger partial charge in [-0.25, -0.2) is 0 Å². The number of hydrogen-bond acceptors (Lipinski definition) is 3. The number of hydrogen-bond donors (Lipinski definition) is 0. The molecule has 27 heavy (non-hydrogen) atoms. The van der Waals surface area contributed by atoms with Crippen molar-refractivity contribution < 1.29 is 14.3 Å². The number of nitrogens with zero attached hydrogens (tertiary/aromatic N) is 1. The molecule has 1 heterocycles. The van der Waals surface area contributed by atoms with Crippen LogP contribution in [0.3, 0.4) is 0 Å². The predicted molar refractivity (Wildman–Crippen MR) is 104 cm³/mol. The highest BCUT2D eigenvalue weighted by atomic mass is 35.5. The van der Waals surface area contributed by atoms with E-state index in [1.165, 1.54) is 11.1 Å². The van der Waals surface area contributed by atoms with Crippen LogP contribution in [0.1, 0.15) is 42.0 Å². The van der Waals surface area contributed by atoms with Crippen molar-refractivity contribution in [3.63, 3.8) is 0 Å². The topological polar surface area (TPSA) is 38.8 Å². The second kappa shape index (κ2) is 6.75. The van der Waals surface area contributed by atoms with Crippen LogP contribution in [0, 0.1) is 0 Å². The minimum absolute atomic E-state index is 0.173. The Morgan fingerprint density at radius 2 is 1.93 bits per heavy atom. The summed E-state index contributed by atoms with van der Waals surface area (Å²) < 4.78 is 11.2. The van der Waals surface area contributed by atoms with Gasteiger partial charge in [-0.05, 0) is 54.5 Å². The quantitative estimate of drug-likeness (QED) is 0.788. The standard InChI is InChI=1S/C22H22ClNO3/c23-18-11-14(12-20-22(18)27-10-9-26-20)13-21(25)24(16-6-7-16)19-8-5-15-3-1-2-4-17(15)19/h1-4,11-12,16,19H,5-10,13H2. The molecule has 0 aromatic heterocycles. The van der Waals surface area contributed by atoms with E-state index in [0.717, 1.165) is 31.2 Å². The van der Waals surface area contributed by atoms with Crippen LogP contribution >= 0.6 is 11.6 Å². The van der Waals surface area contributed by atoms with Crippen LogP contribution in [0.15, 0.2) is 36.4 Å². The number of carbonyl (C=O) groups excluding carboxylic acids is 1. The van der Waals surface area contributed by atoms with Crippen LogP contribution in [0.2, 0.25) is 5.02 Å². The third-order valence-electron chi connectivity index (χ3n) is 5.68. The van der Waals surface area contributed by atoms with E-state index in [1.807, 2.05) is 12.1 Å². The SMILES string of the molecule is O=C(Cc1cc(Cl)c2c(c1)OCCO2)N(C1CC1)C1CCc2ccccc21. The second-order valence-electron chi connectivity index (χ2n) is 7.56. The average Bonchev–Trinajstić information content (AvgIpc) is 3.42. The molecule has 1 aliphatic heterocycles. The van der Waals surface area contributed by atoms with Crippen molar-refractivity contribution in [2.75, 3.05) is 13.2 Å². The first-order valence-electron chi connectivity index (χ1n) is 9.67. The molecule has 5 heteroatoms. The first kappa shape index (κ1) is 16.9. The number of aryl methyl sites for hydroxylation is 1. The largest absolute Gasteiger partial charge is 0.486 e. The highest BCUT2D eigenvalue weighted by Crippen LogP contribution is 2.43. The van der Waals surface area contributed by atoms with Gasteiger partial charge in [0.15, 0.2) is 11.5 Å². The lowest BCUT2D eigenvalue weighted by molar-refractivity contribution is -0.133. The maximum atomic E-state index is 13.3. The monoisotopic (exact) mass is 383 g/mol. The molecule has 0 N–H and O–H groups in total. The molecule has 1 amide bonds. The van der Waals surface area contributed by atoms with Gasteiger partial charge in [0, 0.05) is 6.04 Å². The lowest BCUT2D eigenvalue weighted by Crippen LogP contribution is -2.37. The van der Waals surface area contributed by atoms with Crippen LogP contribution in [-0.2, 0) is 17.6 Å². The summed E-state index contributed by atoms with van der Waals surface area (Å²) in [7, 11) is 0. The van der Waals surface area contributed by atoms with E-state index in [4.69, 9.17) is 21.1 Å². The third-order valence-corrected chi connectivity index (χ3v) is 5.96. The first-order chi connectivity index (χ1) is 13.2. The molecular formula is C22H22ClNO3. The highest BCUT2D eigenvalue weighted by molar-refractivity contribution is 6.32. The number of fused-ring (bicyclic) bond motifs is 2. The van der Waals surface area contributed by atoms with Crippen molar-refractivity contribution in [2.45, 2.75) is 44.2 Å². The van der Waals surface area contributed by atoms with Gasteiger partial charge in [-0.3, -0.25) is 4.79 Å². The Morgan fingerprint density at radius 3 is 2.78 bits per heavy atom. The smallest absolute Gasteiger partial charge is 0.227 e. The van der Waals surface area contributed by atoms with Crippen molar-refractivity contribution in [3.05, 3.63) is 58.1 Å². The van der Waals surface area contributed by atoms with Gasteiger partial charge in [-0.1, -0.05) is 35.9 Å². The van der Waals surface area contributed by atoms with E-state index in [2.05, 4.69) is 29.2 Å². The summed E-state index contributed by atoms with van der Waals surface area (Å²) in [5.74, 6) is 1.40. The number of rotatable bonds is 4. The first-order valence-corrected chi connectivity index (χ1v) is 10.1. The molecule has 1 atom stereocenters. The van der Waals surface area contributed by atoms with Crippen molar-refractivity contribution in [1.29, 1.82) is 0 Å². The van der Waals surface area contributed by atoms with Gasteiger partial charge < -0.3 is 14.4 Å². The Balaban J connectivity index is 1.40. The zero-order valence-electron chi connectivity index (χ0n) is 15.1. The highest BCUT2D eigenvalue weighted by Gasteiger charge is 2.40. The molecule has 2 aromatic rings. The minimum atomic E-state index is 0.173. The summed E-state index contributed by atoms with van der Waals surface area (Å²) in [6.07, 6.45) is 4.61. The summed E-state index contributed by atoms with van der Waals surface area (Å²) in [4.78, 5) is 15.4. The number of ether oxygens (including phenoxy) is 2. The maximum absolute atomic E-state index is 13.3. The molecule has 0 spiro atoms. The summed E-state index contributed by atoms with van der Waals surface area (Å²) in [5.41, 5.74) is 3.58. The van der Waals surface area contributed by atoms with Crippen LogP contribution in [-0.4, -0.2) is 30.1 Å². The van der Waals surface area contributed by atoms with Crippen molar-refractivity contribution >= 4 is 17.5 Å². The molecule has 0 radical (unpaired) electrons. The molecule has 0 bridgehead atoms. The van der Waals surface area contributed by atoms with E-state index in [1.54, 1.807) is 0 Å². The number of benzene rings is 2. The molecule has 1 unspecified atom stereocenters. The van der Waals surface area contributed by atoms with Gasteiger partial charge in [-0.2, -0.15) is 0 Å². The van der Waals surface area contributed by atoms with Crippen molar-refractivity contribution in [2.24, 2.45) is 0 Å². The van der Waals surface area contributed by atoms with E-state index in [9.17, 15) is 4.79 Å². The molecule has 4 nitrogen and oxygen atoms in total. The number of amides is 1. The molecule has 5 rings (SSSR count). The molecule has 1 fully saturated rings. The summed E-state index contributed by atoms with van der Waals surface area (Å²) in [6.45, 7) is 1.01. The predicted octanol–water partition coefficient (Wildman–Crippen LogP) is 4.33. The van der Waals surface area contributed by atoms with Crippen LogP contribution in [0.5, 0.6) is 11.5 Å². The van der Waals surface area contributed by atoms with Crippen LogP contribution < -0.4 is 9.47 Å². The van der Waals surface area contributed by atoms with E-state index >= 15 is 0 Å². The summed E-state index contributed by atoms with van der Waals surface area (Å²) in [5, 5.41) is 0.513. The van der Waals surface area contributed by atoms with Crippen LogP contribution in [0.25, 0.3) is 0 Å².